The Hall–Kier alpha value is -0.850. The van der Waals surface area contributed by atoms with Crippen molar-refractivity contribution in [3.8, 4) is 6.07 Å². The van der Waals surface area contributed by atoms with E-state index < -0.39 is 0 Å². The zero-order valence-corrected chi connectivity index (χ0v) is 12.3. The lowest BCUT2D eigenvalue weighted by Gasteiger charge is -2.30. The van der Waals surface area contributed by atoms with Crippen molar-refractivity contribution >= 4 is 15.9 Å². The fourth-order valence-corrected chi connectivity index (χ4v) is 2.92. The minimum Gasteiger partial charge on any atom is -0.306 e. The molecule has 0 saturated heterocycles. The third-order valence-electron chi connectivity index (χ3n) is 3.77. The van der Waals surface area contributed by atoms with E-state index in [-0.39, 0.29) is 5.92 Å². The summed E-state index contributed by atoms with van der Waals surface area (Å²) < 4.78 is 1.10. The second-order valence-electron chi connectivity index (χ2n) is 5.07. The first-order valence-electron chi connectivity index (χ1n) is 6.62. The van der Waals surface area contributed by atoms with Gasteiger partial charge < -0.3 is 5.32 Å². The molecule has 0 bridgehead atoms. The number of nitrogens with zero attached hydrogens (tertiary/aromatic N) is 1. The number of rotatable bonds is 3. The second kappa shape index (κ2) is 6.36. The lowest BCUT2D eigenvalue weighted by atomic mass is 9.85. The van der Waals surface area contributed by atoms with Gasteiger partial charge in [0.05, 0.1) is 12.0 Å². The van der Waals surface area contributed by atoms with Gasteiger partial charge >= 0.3 is 0 Å². The molecule has 1 aromatic carbocycles. The van der Waals surface area contributed by atoms with Gasteiger partial charge in [-0.15, -0.1) is 0 Å². The van der Waals surface area contributed by atoms with Crippen molar-refractivity contribution in [1.29, 1.82) is 5.26 Å². The highest BCUT2D eigenvalue weighted by molar-refractivity contribution is 9.10. The van der Waals surface area contributed by atoms with Gasteiger partial charge in [0.1, 0.15) is 0 Å². The highest BCUT2D eigenvalue weighted by Crippen LogP contribution is 2.26. The maximum Gasteiger partial charge on any atom is 0.0672 e. The molecular formula is C15H19BrN2. The lowest BCUT2D eigenvalue weighted by Crippen LogP contribution is -2.39. The van der Waals surface area contributed by atoms with Crippen molar-refractivity contribution in [3.63, 3.8) is 0 Å². The van der Waals surface area contributed by atoms with Gasteiger partial charge in [-0.3, -0.25) is 0 Å². The molecule has 2 unspecified atom stereocenters. The molecule has 2 rings (SSSR count). The summed E-state index contributed by atoms with van der Waals surface area (Å²) in [5.74, 6) is 0.177. The van der Waals surface area contributed by atoms with Gasteiger partial charge in [0.2, 0.25) is 0 Å². The van der Waals surface area contributed by atoms with E-state index in [2.05, 4.69) is 58.5 Å². The van der Waals surface area contributed by atoms with Crippen LogP contribution in [-0.2, 0) is 0 Å². The molecule has 3 heteroatoms. The molecule has 1 N–H and O–H groups in total. The van der Waals surface area contributed by atoms with E-state index in [9.17, 15) is 5.26 Å². The summed E-state index contributed by atoms with van der Waals surface area (Å²) in [6.45, 7) is 2.17. The normalized spacial score (nSPS) is 25.4. The van der Waals surface area contributed by atoms with Gasteiger partial charge in [-0.2, -0.15) is 5.26 Å². The molecule has 18 heavy (non-hydrogen) atoms. The lowest BCUT2D eigenvalue weighted by molar-refractivity contribution is 0.292. The molecule has 1 aliphatic rings. The van der Waals surface area contributed by atoms with Crippen molar-refractivity contribution in [2.75, 3.05) is 0 Å². The van der Waals surface area contributed by atoms with Gasteiger partial charge in [-0.1, -0.05) is 40.9 Å². The van der Waals surface area contributed by atoms with Crippen molar-refractivity contribution in [1.82, 2.24) is 5.32 Å². The SMILES string of the molecule is C[C@H](NC1CCCCC1C#N)c1ccc(Br)cc1. The number of hydrogen-bond donors (Lipinski definition) is 1. The van der Waals surface area contributed by atoms with Gasteiger partial charge in [-0.05, 0) is 37.5 Å². The fourth-order valence-electron chi connectivity index (χ4n) is 2.65. The second-order valence-corrected chi connectivity index (χ2v) is 5.98. The van der Waals surface area contributed by atoms with Crippen molar-refractivity contribution in [2.24, 2.45) is 5.92 Å². The van der Waals surface area contributed by atoms with E-state index in [1.54, 1.807) is 0 Å². The zero-order valence-electron chi connectivity index (χ0n) is 10.7. The monoisotopic (exact) mass is 306 g/mol. The number of nitrogens with one attached hydrogen (secondary N) is 1. The maximum atomic E-state index is 9.19. The number of halogens is 1. The average Bonchev–Trinajstić information content (AvgIpc) is 2.40. The van der Waals surface area contributed by atoms with Gasteiger partial charge in [0.25, 0.3) is 0 Å². The Bertz CT molecular complexity index is 421. The zero-order chi connectivity index (χ0) is 13.0. The predicted octanol–water partition coefficient (Wildman–Crippen LogP) is 4.18. The Balaban J connectivity index is 1.99. The van der Waals surface area contributed by atoms with Crippen LogP contribution in [-0.4, -0.2) is 6.04 Å². The standard InChI is InChI=1S/C15H19BrN2/c1-11(12-6-8-14(16)9-7-12)18-15-5-3-2-4-13(15)10-17/h6-9,11,13,15,18H,2-5H2,1H3/t11-,13?,15?/m0/s1. The largest absolute Gasteiger partial charge is 0.306 e. The van der Waals surface area contributed by atoms with E-state index in [0.29, 0.717) is 12.1 Å². The molecule has 1 aliphatic carbocycles. The van der Waals surface area contributed by atoms with Crippen LogP contribution < -0.4 is 5.32 Å². The van der Waals surface area contributed by atoms with E-state index in [1.165, 1.54) is 18.4 Å². The van der Waals surface area contributed by atoms with Crippen LogP contribution in [0.4, 0.5) is 0 Å². The molecule has 3 atom stereocenters. The van der Waals surface area contributed by atoms with Crippen LogP contribution in [0.5, 0.6) is 0 Å². The maximum absolute atomic E-state index is 9.19. The summed E-state index contributed by atoms with van der Waals surface area (Å²) in [4.78, 5) is 0. The topological polar surface area (TPSA) is 35.8 Å². The van der Waals surface area contributed by atoms with Crippen LogP contribution in [0, 0.1) is 17.2 Å². The Kier molecular flexibility index (Phi) is 4.79. The molecule has 0 radical (unpaired) electrons. The smallest absolute Gasteiger partial charge is 0.0672 e. The van der Waals surface area contributed by atoms with E-state index in [4.69, 9.17) is 0 Å². The highest BCUT2D eigenvalue weighted by Gasteiger charge is 2.26. The highest BCUT2D eigenvalue weighted by atomic mass is 79.9. The van der Waals surface area contributed by atoms with E-state index in [1.807, 2.05) is 0 Å². The Morgan fingerprint density at radius 1 is 1.28 bits per heavy atom. The Morgan fingerprint density at radius 2 is 1.94 bits per heavy atom. The minimum atomic E-state index is 0.177. The van der Waals surface area contributed by atoms with Crippen LogP contribution in [0.3, 0.4) is 0 Å². The summed E-state index contributed by atoms with van der Waals surface area (Å²) >= 11 is 3.45. The molecule has 0 aliphatic heterocycles. The molecule has 1 saturated carbocycles. The van der Waals surface area contributed by atoms with Gasteiger partial charge in [0.15, 0.2) is 0 Å². The molecular weight excluding hydrogens is 288 g/mol. The molecule has 2 nitrogen and oxygen atoms in total. The van der Waals surface area contributed by atoms with Crippen LogP contribution in [0.2, 0.25) is 0 Å². The van der Waals surface area contributed by atoms with Crippen LogP contribution in [0.25, 0.3) is 0 Å². The van der Waals surface area contributed by atoms with Crippen molar-refractivity contribution < 1.29 is 0 Å². The van der Waals surface area contributed by atoms with Crippen LogP contribution in [0.15, 0.2) is 28.7 Å². The number of hydrogen-bond acceptors (Lipinski definition) is 2. The molecule has 0 amide bonds. The third kappa shape index (κ3) is 3.34. The summed E-state index contributed by atoms with van der Waals surface area (Å²) in [5.41, 5.74) is 1.28. The van der Waals surface area contributed by atoms with Crippen molar-refractivity contribution in [2.45, 2.75) is 44.7 Å². The number of nitriles is 1. The average molecular weight is 307 g/mol. The molecule has 0 aromatic heterocycles. The van der Waals surface area contributed by atoms with Gasteiger partial charge in [-0.25, -0.2) is 0 Å². The Morgan fingerprint density at radius 3 is 2.61 bits per heavy atom. The summed E-state index contributed by atoms with van der Waals surface area (Å²) in [6, 6.07) is 11.5. The quantitative estimate of drug-likeness (QED) is 0.909. The first kappa shape index (κ1) is 13.6. The summed E-state index contributed by atoms with van der Waals surface area (Å²) in [6.07, 6.45) is 4.60. The molecule has 1 fully saturated rings. The third-order valence-corrected chi connectivity index (χ3v) is 4.29. The first-order valence-corrected chi connectivity index (χ1v) is 7.41. The predicted molar refractivity (Wildman–Crippen MR) is 77.1 cm³/mol. The molecule has 1 aromatic rings. The van der Waals surface area contributed by atoms with Crippen LogP contribution in [0.1, 0.15) is 44.2 Å². The molecule has 96 valence electrons. The van der Waals surface area contributed by atoms with Crippen LogP contribution >= 0.6 is 15.9 Å². The van der Waals surface area contributed by atoms with E-state index in [0.717, 1.165) is 17.3 Å². The molecule has 0 spiro atoms. The van der Waals surface area contributed by atoms with E-state index >= 15 is 0 Å². The molecule has 0 heterocycles. The number of benzene rings is 1. The summed E-state index contributed by atoms with van der Waals surface area (Å²) in [7, 11) is 0. The Labute approximate surface area is 118 Å². The van der Waals surface area contributed by atoms with Crippen molar-refractivity contribution in [3.05, 3.63) is 34.3 Å². The fraction of sp³-hybridized carbons (Fsp3) is 0.533. The first-order chi connectivity index (χ1) is 8.70. The van der Waals surface area contributed by atoms with Gasteiger partial charge in [0, 0.05) is 16.6 Å². The minimum absolute atomic E-state index is 0.177. The summed E-state index contributed by atoms with van der Waals surface area (Å²) in [5, 5.41) is 12.8.